The molecule has 2 aromatic rings. The predicted molar refractivity (Wildman–Crippen MR) is 76.2 cm³/mol. The number of benzene rings is 2. The molecule has 0 N–H and O–H groups in total. The molecule has 2 nitrogen and oxygen atoms in total. The Morgan fingerprint density at radius 1 is 0.947 bits per heavy atom. The summed E-state index contributed by atoms with van der Waals surface area (Å²) in [7, 11) is 0. The van der Waals surface area contributed by atoms with Gasteiger partial charge in [0.1, 0.15) is 13.2 Å². The minimum absolute atomic E-state index is 0.0572. The molecule has 0 saturated carbocycles. The van der Waals surface area contributed by atoms with Crippen LogP contribution in [0.5, 0.6) is 11.5 Å². The van der Waals surface area contributed by atoms with Gasteiger partial charge in [-0.1, -0.05) is 36.4 Å². The van der Waals surface area contributed by atoms with Gasteiger partial charge in [-0.2, -0.15) is 0 Å². The number of hydrogen-bond acceptors (Lipinski definition) is 2. The van der Waals surface area contributed by atoms with E-state index in [0.717, 1.165) is 23.5 Å². The molecule has 3 heteroatoms. The van der Waals surface area contributed by atoms with Crippen molar-refractivity contribution < 1.29 is 9.47 Å². The van der Waals surface area contributed by atoms with E-state index >= 15 is 0 Å². The summed E-state index contributed by atoms with van der Waals surface area (Å²) in [6, 6.07) is 16.2. The lowest BCUT2D eigenvalue weighted by Crippen LogP contribution is -2.15. The maximum absolute atomic E-state index is 6.49. The molecular formula is C16H15ClO2. The Hall–Kier alpha value is -1.67. The molecule has 0 aliphatic carbocycles. The van der Waals surface area contributed by atoms with Crippen molar-refractivity contribution in [3.63, 3.8) is 0 Å². The van der Waals surface area contributed by atoms with Gasteiger partial charge in [-0.15, -0.1) is 11.6 Å². The molecule has 0 radical (unpaired) electrons. The van der Waals surface area contributed by atoms with Crippen LogP contribution in [0, 0.1) is 0 Å². The summed E-state index contributed by atoms with van der Waals surface area (Å²) >= 11 is 6.49. The fraction of sp³-hybridized carbons (Fsp3) is 0.250. The van der Waals surface area contributed by atoms with E-state index in [1.165, 1.54) is 5.56 Å². The van der Waals surface area contributed by atoms with Gasteiger partial charge >= 0.3 is 0 Å². The summed E-state index contributed by atoms with van der Waals surface area (Å²) in [6.07, 6.45) is 0.808. The van der Waals surface area contributed by atoms with E-state index < -0.39 is 0 Å². The minimum Gasteiger partial charge on any atom is -0.486 e. The average molecular weight is 275 g/mol. The van der Waals surface area contributed by atoms with Crippen LogP contribution >= 0.6 is 11.6 Å². The quantitative estimate of drug-likeness (QED) is 0.788. The van der Waals surface area contributed by atoms with E-state index in [2.05, 4.69) is 12.1 Å². The highest BCUT2D eigenvalue weighted by Crippen LogP contribution is 2.35. The van der Waals surface area contributed by atoms with Crippen molar-refractivity contribution in [2.24, 2.45) is 0 Å². The molecule has 1 atom stereocenters. The fourth-order valence-corrected chi connectivity index (χ4v) is 2.51. The van der Waals surface area contributed by atoms with Gasteiger partial charge in [0, 0.05) is 0 Å². The molecular weight excluding hydrogens is 260 g/mol. The van der Waals surface area contributed by atoms with Crippen LogP contribution in [0.3, 0.4) is 0 Å². The second-order valence-corrected chi connectivity index (χ2v) is 5.09. The zero-order valence-electron chi connectivity index (χ0n) is 10.5. The van der Waals surface area contributed by atoms with Gasteiger partial charge in [-0.3, -0.25) is 0 Å². The first-order valence-corrected chi connectivity index (χ1v) is 6.84. The summed E-state index contributed by atoms with van der Waals surface area (Å²) in [5.74, 6) is 1.60. The first-order chi connectivity index (χ1) is 9.33. The highest BCUT2D eigenvalue weighted by molar-refractivity contribution is 6.21. The molecule has 0 amide bonds. The third-order valence-electron chi connectivity index (χ3n) is 3.19. The first kappa shape index (κ1) is 12.4. The highest BCUT2D eigenvalue weighted by Gasteiger charge is 2.15. The predicted octanol–water partition coefficient (Wildman–Crippen LogP) is 3.98. The largest absolute Gasteiger partial charge is 0.486 e. The number of rotatable bonds is 3. The lowest BCUT2D eigenvalue weighted by atomic mass is 10.0. The van der Waals surface area contributed by atoms with Crippen molar-refractivity contribution in [2.75, 3.05) is 13.2 Å². The lowest BCUT2D eigenvalue weighted by Gasteiger charge is -2.20. The lowest BCUT2D eigenvalue weighted by molar-refractivity contribution is 0.171. The van der Waals surface area contributed by atoms with Crippen molar-refractivity contribution >= 4 is 11.6 Å². The molecule has 0 bridgehead atoms. The second-order valence-electron chi connectivity index (χ2n) is 4.56. The topological polar surface area (TPSA) is 18.5 Å². The van der Waals surface area contributed by atoms with Gasteiger partial charge in [0.15, 0.2) is 11.5 Å². The van der Waals surface area contributed by atoms with Crippen LogP contribution in [0.15, 0.2) is 48.5 Å². The SMILES string of the molecule is ClC(Cc1ccccc1)c1ccc2c(c1)OCCO2. The summed E-state index contributed by atoms with van der Waals surface area (Å²) in [5.41, 5.74) is 2.30. The zero-order chi connectivity index (χ0) is 13.1. The monoisotopic (exact) mass is 274 g/mol. The molecule has 2 aromatic carbocycles. The Bertz CT molecular complexity index is 554. The van der Waals surface area contributed by atoms with Crippen LogP contribution in [0.1, 0.15) is 16.5 Å². The second kappa shape index (κ2) is 5.54. The van der Waals surface area contributed by atoms with Crippen molar-refractivity contribution in [1.82, 2.24) is 0 Å². The maximum Gasteiger partial charge on any atom is 0.161 e. The van der Waals surface area contributed by atoms with E-state index in [9.17, 15) is 0 Å². The van der Waals surface area contributed by atoms with Crippen LogP contribution < -0.4 is 9.47 Å². The van der Waals surface area contributed by atoms with Gasteiger partial charge in [0.2, 0.25) is 0 Å². The van der Waals surface area contributed by atoms with Crippen LogP contribution in [-0.4, -0.2) is 13.2 Å². The molecule has 19 heavy (non-hydrogen) atoms. The minimum atomic E-state index is -0.0572. The average Bonchev–Trinajstić information content (AvgIpc) is 2.48. The zero-order valence-corrected chi connectivity index (χ0v) is 11.3. The smallest absolute Gasteiger partial charge is 0.161 e. The van der Waals surface area contributed by atoms with Crippen LogP contribution in [0.4, 0.5) is 0 Å². The van der Waals surface area contributed by atoms with Gasteiger partial charge in [0.05, 0.1) is 5.38 Å². The Morgan fingerprint density at radius 3 is 2.47 bits per heavy atom. The van der Waals surface area contributed by atoms with Crippen LogP contribution in [0.25, 0.3) is 0 Å². The fourth-order valence-electron chi connectivity index (χ4n) is 2.19. The van der Waals surface area contributed by atoms with E-state index in [4.69, 9.17) is 21.1 Å². The first-order valence-electron chi connectivity index (χ1n) is 6.40. The van der Waals surface area contributed by atoms with Gasteiger partial charge in [-0.05, 0) is 29.7 Å². The molecule has 3 rings (SSSR count). The highest BCUT2D eigenvalue weighted by atomic mass is 35.5. The molecule has 0 aromatic heterocycles. The van der Waals surface area contributed by atoms with E-state index in [1.807, 2.05) is 36.4 Å². The number of fused-ring (bicyclic) bond motifs is 1. The number of alkyl halides is 1. The number of hydrogen-bond donors (Lipinski definition) is 0. The van der Waals surface area contributed by atoms with Gasteiger partial charge in [0.25, 0.3) is 0 Å². The van der Waals surface area contributed by atoms with E-state index in [-0.39, 0.29) is 5.38 Å². The van der Waals surface area contributed by atoms with Gasteiger partial charge in [-0.25, -0.2) is 0 Å². The Balaban J connectivity index is 1.78. The molecule has 0 saturated heterocycles. The van der Waals surface area contributed by atoms with E-state index in [1.54, 1.807) is 0 Å². The summed E-state index contributed by atoms with van der Waals surface area (Å²) in [6.45, 7) is 1.21. The van der Waals surface area contributed by atoms with Gasteiger partial charge < -0.3 is 9.47 Å². The molecule has 0 spiro atoms. The summed E-state index contributed by atoms with van der Waals surface area (Å²) < 4.78 is 11.1. The molecule has 1 unspecified atom stereocenters. The third kappa shape index (κ3) is 2.85. The number of halogens is 1. The molecule has 1 heterocycles. The third-order valence-corrected chi connectivity index (χ3v) is 3.59. The Kier molecular flexibility index (Phi) is 3.60. The molecule has 98 valence electrons. The van der Waals surface area contributed by atoms with Crippen molar-refractivity contribution in [1.29, 1.82) is 0 Å². The van der Waals surface area contributed by atoms with Crippen molar-refractivity contribution in [3.8, 4) is 11.5 Å². The van der Waals surface area contributed by atoms with E-state index in [0.29, 0.717) is 13.2 Å². The standard InChI is InChI=1S/C16H15ClO2/c17-14(10-12-4-2-1-3-5-12)13-6-7-15-16(11-13)19-9-8-18-15/h1-7,11,14H,8-10H2. The molecule has 0 fully saturated rings. The Morgan fingerprint density at radius 2 is 1.68 bits per heavy atom. The molecule has 1 aliphatic rings. The Labute approximate surface area is 117 Å². The summed E-state index contributed by atoms with van der Waals surface area (Å²) in [5, 5.41) is -0.0572. The molecule has 1 aliphatic heterocycles. The van der Waals surface area contributed by atoms with Crippen LogP contribution in [0.2, 0.25) is 0 Å². The van der Waals surface area contributed by atoms with Crippen LogP contribution in [-0.2, 0) is 6.42 Å². The van der Waals surface area contributed by atoms with Crippen molar-refractivity contribution in [2.45, 2.75) is 11.8 Å². The van der Waals surface area contributed by atoms with Crippen molar-refractivity contribution in [3.05, 3.63) is 59.7 Å². The number of ether oxygens (including phenoxy) is 2. The maximum atomic E-state index is 6.49. The normalized spacial score (nSPS) is 15.0. The summed E-state index contributed by atoms with van der Waals surface area (Å²) in [4.78, 5) is 0.